The highest BCUT2D eigenvalue weighted by Crippen LogP contribution is 2.41. The lowest BCUT2D eigenvalue weighted by Gasteiger charge is -2.42. The van der Waals surface area contributed by atoms with E-state index in [1.54, 1.807) is 39.7 Å². The van der Waals surface area contributed by atoms with Crippen molar-refractivity contribution < 1.29 is 24.1 Å². The Hall–Kier alpha value is -3.23. The smallest absolute Gasteiger partial charge is 0.306 e. The first-order valence-electron chi connectivity index (χ1n) is 9.74. The molecule has 1 aromatic carbocycles. The SMILES string of the molecule is COc1cc(-c2cnc(N)c(N3CC[C@H](C(=O)O)[C@H](C)[C@@H]3C)n2)cc(OC)c1OC. The lowest BCUT2D eigenvalue weighted by molar-refractivity contribution is -0.144. The van der Waals surface area contributed by atoms with Crippen LogP contribution in [0.4, 0.5) is 11.6 Å². The van der Waals surface area contributed by atoms with E-state index in [1.807, 2.05) is 18.7 Å². The second kappa shape index (κ2) is 8.64. The molecule has 1 aliphatic rings. The van der Waals surface area contributed by atoms with Crippen LogP contribution in [0.3, 0.4) is 0 Å². The second-order valence-corrected chi connectivity index (χ2v) is 7.40. The maximum atomic E-state index is 11.5. The minimum Gasteiger partial charge on any atom is -0.493 e. The van der Waals surface area contributed by atoms with Crippen LogP contribution in [0.2, 0.25) is 0 Å². The molecule has 1 aliphatic heterocycles. The molecule has 2 heterocycles. The molecule has 3 N–H and O–H groups in total. The van der Waals surface area contributed by atoms with Crippen LogP contribution >= 0.6 is 0 Å². The van der Waals surface area contributed by atoms with Crippen molar-refractivity contribution in [1.82, 2.24) is 9.97 Å². The first kappa shape index (κ1) is 21.5. The molecule has 0 amide bonds. The Morgan fingerprint density at radius 1 is 1.17 bits per heavy atom. The minimum atomic E-state index is -0.765. The van der Waals surface area contributed by atoms with Gasteiger partial charge in [0.05, 0.1) is 39.1 Å². The number of aliphatic carboxylic acids is 1. The van der Waals surface area contributed by atoms with Gasteiger partial charge in [0, 0.05) is 18.2 Å². The predicted octanol–water partition coefficient (Wildman–Crippen LogP) is 2.69. The van der Waals surface area contributed by atoms with Crippen molar-refractivity contribution >= 4 is 17.6 Å². The normalized spacial score (nSPS) is 21.2. The van der Waals surface area contributed by atoms with Gasteiger partial charge in [-0.2, -0.15) is 0 Å². The van der Waals surface area contributed by atoms with E-state index in [9.17, 15) is 9.90 Å². The number of hydrogen-bond donors (Lipinski definition) is 2. The molecule has 0 spiro atoms. The molecule has 0 radical (unpaired) electrons. The van der Waals surface area contributed by atoms with E-state index in [2.05, 4.69) is 4.98 Å². The van der Waals surface area contributed by atoms with Gasteiger partial charge in [-0.25, -0.2) is 9.97 Å². The highest BCUT2D eigenvalue weighted by molar-refractivity contribution is 5.73. The van der Waals surface area contributed by atoms with E-state index in [4.69, 9.17) is 24.9 Å². The monoisotopic (exact) mass is 416 g/mol. The zero-order chi connectivity index (χ0) is 22.0. The number of nitrogens with two attached hydrogens (primary N) is 1. The van der Waals surface area contributed by atoms with Crippen molar-refractivity contribution in [2.45, 2.75) is 26.3 Å². The number of carboxylic acids is 1. The van der Waals surface area contributed by atoms with Crippen LogP contribution in [-0.2, 0) is 4.79 Å². The van der Waals surface area contributed by atoms with E-state index in [0.29, 0.717) is 47.5 Å². The molecule has 1 aromatic heterocycles. The van der Waals surface area contributed by atoms with Crippen molar-refractivity contribution in [3.8, 4) is 28.5 Å². The maximum Gasteiger partial charge on any atom is 0.306 e. The number of carbonyl (C=O) groups is 1. The number of methoxy groups -OCH3 is 3. The average molecular weight is 416 g/mol. The van der Waals surface area contributed by atoms with Gasteiger partial charge in [-0.3, -0.25) is 4.79 Å². The fraction of sp³-hybridized carbons (Fsp3) is 0.476. The van der Waals surface area contributed by atoms with Crippen LogP contribution in [0, 0.1) is 11.8 Å². The molecular weight excluding hydrogens is 388 g/mol. The summed E-state index contributed by atoms with van der Waals surface area (Å²) in [6, 6.07) is 3.55. The Balaban J connectivity index is 2.02. The fourth-order valence-corrected chi connectivity index (χ4v) is 3.98. The van der Waals surface area contributed by atoms with E-state index in [-0.39, 0.29) is 17.9 Å². The number of nitrogens with zero attached hydrogens (tertiary/aromatic N) is 3. The molecule has 3 rings (SSSR count). The van der Waals surface area contributed by atoms with Crippen LogP contribution < -0.4 is 24.8 Å². The van der Waals surface area contributed by atoms with E-state index >= 15 is 0 Å². The summed E-state index contributed by atoms with van der Waals surface area (Å²) in [5.41, 5.74) is 7.49. The van der Waals surface area contributed by atoms with Crippen LogP contribution in [0.15, 0.2) is 18.3 Å². The lowest BCUT2D eigenvalue weighted by atomic mass is 9.81. The Morgan fingerprint density at radius 2 is 1.80 bits per heavy atom. The molecule has 0 unspecified atom stereocenters. The van der Waals surface area contributed by atoms with Gasteiger partial charge < -0.3 is 30.0 Å². The summed E-state index contributed by atoms with van der Waals surface area (Å²) in [5, 5.41) is 9.47. The molecule has 0 saturated carbocycles. The third-order valence-electron chi connectivity index (χ3n) is 5.90. The van der Waals surface area contributed by atoms with Crippen molar-refractivity contribution in [3.63, 3.8) is 0 Å². The molecule has 9 heteroatoms. The second-order valence-electron chi connectivity index (χ2n) is 7.40. The van der Waals surface area contributed by atoms with Crippen molar-refractivity contribution in [2.75, 3.05) is 38.5 Å². The summed E-state index contributed by atoms with van der Waals surface area (Å²) in [7, 11) is 4.65. The standard InChI is InChI=1S/C21H28N4O5/c1-11-12(2)25(7-6-14(11)21(26)27)20-19(22)23-10-15(24-20)13-8-16(28-3)18(30-5)17(9-13)29-4/h8-12,14H,6-7H2,1-5H3,(H2,22,23)(H,26,27)/t11-,12+,14+/m1/s1. The van der Waals surface area contributed by atoms with Crippen LogP contribution in [0.5, 0.6) is 17.2 Å². The third-order valence-corrected chi connectivity index (χ3v) is 5.90. The number of rotatable bonds is 6. The molecular formula is C21H28N4O5. The van der Waals surface area contributed by atoms with Gasteiger partial charge in [0.2, 0.25) is 5.75 Å². The summed E-state index contributed by atoms with van der Waals surface area (Å²) in [4.78, 5) is 22.7. The van der Waals surface area contributed by atoms with Crippen LogP contribution in [0.1, 0.15) is 20.3 Å². The van der Waals surface area contributed by atoms with E-state index < -0.39 is 5.97 Å². The van der Waals surface area contributed by atoms with Gasteiger partial charge >= 0.3 is 5.97 Å². The Labute approximate surface area is 175 Å². The lowest BCUT2D eigenvalue weighted by Crippen LogP contribution is -2.49. The number of piperidine rings is 1. The topological polar surface area (TPSA) is 120 Å². The summed E-state index contributed by atoms with van der Waals surface area (Å²) in [5.74, 6) is 1.16. The van der Waals surface area contributed by atoms with Crippen molar-refractivity contribution in [3.05, 3.63) is 18.3 Å². The van der Waals surface area contributed by atoms with Gasteiger partial charge in [-0.1, -0.05) is 6.92 Å². The highest BCUT2D eigenvalue weighted by Gasteiger charge is 2.37. The number of aromatic nitrogens is 2. The molecule has 0 bridgehead atoms. The van der Waals surface area contributed by atoms with Gasteiger partial charge in [0.15, 0.2) is 23.1 Å². The molecule has 3 atom stereocenters. The summed E-state index contributed by atoms with van der Waals surface area (Å²) >= 11 is 0. The first-order valence-corrected chi connectivity index (χ1v) is 9.74. The highest BCUT2D eigenvalue weighted by atomic mass is 16.5. The van der Waals surface area contributed by atoms with E-state index in [1.165, 1.54) is 0 Å². The molecule has 1 saturated heterocycles. The zero-order valence-electron chi connectivity index (χ0n) is 17.9. The number of hydrogen-bond acceptors (Lipinski definition) is 8. The Kier molecular flexibility index (Phi) is 6.19. The molecule has 1 fully saturated rings. The van der Waals surface area contributed by atoms with Crippen molar-refractivity contribution in [2.24, 2.45) is 11.8 Å². The van der Waals surface area contributed by atoms with Gasteiger partial charge in [0.1, 0.15) is 0 Å². The van der Waals surface area contributed by atoms with Gasteiger partial charge in [-0.05, 0) is 31.4 Å². The number of benzene rings is 1. The van der Waals surface area contributed by atoms with Crippen LogP contribution in [-0.4, -0.2) is 55.0 Å². The Morgan fingerprint density at radius 3 is 2.33 bits per heavy atom. The number of carboxylic acid groups (broad SMARTS) is 1. The molecule has 30 heavy (non-hydrogen) atoms. The fourth-order valence-electron chi connectivity index (χ4n) is 3.98. The zero-order valence-corrected chi connectivity index (χ0v) is 17.9. The largest absolute Gasteiger partial charge is 0.493 e. The predicted molar refractivity (Wildman–Crippen MR) is 113 cm³/mol. The summed E-state index contributed by atoms with van der Waals surface area (Å²) in [6.07, 6.45) is 2.12. The summed E-state index contributed by atoms with van der Waals surface area (Å²) < 4.78 is 16.2. The molecule has 2 aromatic rings. The van der Waals surface area contributed by atoms with Gasteiger partial charge in [-0.15, -0.1) is 0 Å². The molecule has 162 valence electrons. The van der Waals surface area contributed by atoms with E-state index in [0.717, 1.165) is 5.56 Å². The number of ether oxygens (including phenoxy) is 3. The number of nitrogen functional groups attached to an aromatic ring is 1. The quantitative estimate of drug-likeness (QED) is 0.732. The third kappa shape index (κ3) is 3.79. The first-order chi connectivity index (χ1) is 14.3. The van der Waals surface area contributed by atoms with Gasteiger partial charge in [0.25, 0.3) is 0 Å². The molecule has 0 aliphatic carbocycles. The average Bonchev–Trinajstić information content (AvgIpc) is 2.74. The molecule has 9 nitrogen and oxygen atoms in total. The van der Waals surface area contributed by atoms with Crippen LogP contribution in [0.25, 0.3) is 11.3 Å². The number of anilines is 2. The minimum absolute atomic E-state index is 0.0494. The summed E-state index contributed by atoms with van der Waals surface area (Å²) in [6.45, 7) is 4.48. The Bertz CT molecular complexity index is 911. The van der Waals surface area contributed by atoms with Crippen molar-refractivity contribution in [1.29, 1.82) is 0 Å². The maximum absolute atomic E-state index is 11.5.